The standard InChI is InChI=1S/C11H17FN4/c1-3-9-7-16(5-4-15(9)2)11-6-10(12)13-8-14-11/h6,8-9H,3-5,7H2,1-2H3. The molecule has 0 aliphatic carbocycles. The molecule has 0 radical (unpaired) electrons. The van der Waals surface area contributed by atoms with Crippen LogP contribution in [0.5, 0.6) is 0 Å². The number of rotatable bonds is 2. The summed E-state index contributed by atoms with van der Waals surface area (Å²) in [6.07, 6.45) is 2.38. The first-order chi connectivity index (χ1) is 7.70. The lowest BCUT2D eigenvalue weighted by Crippen LogP contribution is -2.51. The van der Waals surface area contributed by atoms with Crippen molar-refractivity contribution >= 4 is 5.82 Å². The molecule has 0 bridgehead atoms. The van der Waals surface area contributed by atoms with Crippen LogP contribution in [-0.4, -0.2) is 47.6 Å². The van der Waals surface area contributed by atoms with Crippen LogP contribution in [0.3, 0.4) is 0 Å². The molecule has 1 aliphatic rings. The first-order valence-electron chi connectivity index (χ1n) is 5.63. The van der Waals surface area contributed by atoms with Gasteiger partial charge in [-0.2, -0.15) is 4.39 Å². The molecule has 1 aromatic rings. The van der Waals surface area contributed by atoms with E-state index in [1.54, 1.807) is 0 Å². The second-order valence-electron chi connectivity index (χ2n) is 4.19. The van der Waals surface area contributed by atoms with Crippen LogP contribution >= 0.6 is 0 Å². The molecule has 0 spiro atoms. The Hall–Kier alpha value is -1.23. The summed E-state index contributed by atoms with van der Waals surface area (Å²) in [7, 11) is 2.13. The number of piperazine rings is 1. The Bertz CT molecular complexity index is 358. The molecular weight excluding hydrogens is 207 g/mol. The molecule has 0 saturated carbocycles. The molecule has 5 heteroatoms. The number of halogens is 1. The topological polar surface area (TPSA) is 32.3 Å². The zero-order valence-electron chi connectivity index (χ0n) is 9.73. The van der Waals surface area contributed by atoms with Gasteiger partial charge in [-0.25, -0.2) is 9.97 Å². The minimum atomic E-state index is -0.461. The fourth-order valence-corrected chi connectivity index (χ4v) is 2.09. The van der Waals surface area contributed by atoms with Crippen LogP contribution in [0.1, 0.15) is 13.3 Å². The number of nitrogens with zero attached hydrogens (tertiary/aromatic N) is 4. The Labute approximate surface area is 95.1 Å². The highest BCUT2D eigenvalue weighted by atomic mass is 19.1. The summed E-state index contributed by atoms with van der Waals surface area (Å²) >= 11 is 0. The van der Waals surface area contributed by atoms with Gasteiger partial charge in [-0.05, 0) is 13.5 Å². The first-order valence-corrected chi connectivity index (χ1v) is 5.63. The lowest BCUT2D eigenvalue weighted by Gasteiger charge is -2.39. The van der Waals surface area contributed by atoms with Crippen LogP contribution in [0.15, 0.2) is 12.4 Å². The lowest BCUT2D eigenvalue weighted by atomic mass is 10.1. The van der Waals surface area contributed by atoms with Crippen molar-refractivity contribution in [1.82, 2.24) is 14.9 Å². The number of aromatic nitrogens is 2. The quantitative estimate of drug-likeness (QED) is 0.705. The van der Waals surface area contributed by atoms with Crippen molar-refractivity contribution in [2.24, 2.45) is 0 Å². The minimum absolute atomic E-state index is 0.461. The van der Waals surface area contributed by atoms with Gasteiger partial charge in [0.05, 0.1) is 0 Å². The number of hydrogen-bond donors (Lipinski definition) is 0. The van der Waals surface area contributed by atoms with E-state index in [1.165, 1.54) is 12.4 Å². The highest BCUT2D eigenvalue weighted by Gasteiger charge is 2.23. The Morgan fingerprint density at radius 1 is 1.44 bits per heavy atom. The van der Waals surface area contributed by atoms with Crippen LogP contribution in [0.2, 0.25) is 0 Å². The van der Waals surface area contributed by atoms with E-state index in [0.29, 0.717) is 11.9 Å². The second-order valence-corrected chi connectivity index (χ2v) is 4.19. The third-order valence-electron chi connectivity index (χ3n) is 3.19. The van der Waals surface area contributed by atoms with Gasteiger partial charge in [0.1, 0.15) is 12.1 Å². The summed E-state index contributed by atoms with van der Waals surface area (Å²) in [5.74, 6) is 0.232. The summed E-state index contributed by atoms with van der Waals surface area (Å²) in [5.41, 5.74) is 0. The fraction of sp³-hybridized carbons (Fsp3) is 0.636. The molecule has 1 aromatic heterocycles. The van der Waals surface area contributed by atoms with Crippen LogP contribution in [-0.2, 0) is 0 Å². The van der Waals surface area contributed by atoms with Crippen LogP contribution < -0.4 is 4.90 Å². The van der Waals surface area contributed by atoms with Gasteiger partial charge >= 0.3 is 0 Å². The molecule has 1 atom stereocenters. The maximum Gasteiger partial charge on any atom is 0.218 e. The molecule has 0 amide bonds. The van der Waals surface area contributed by atoms with Gasteiger partial charge < -0.3 is 4.90 Å². The number of anilines is 1. The third kappa shape index (κ3) is 2.29. The molecule has 0 aromatic carbocycles. The van der Waals surface area contributed by atoms with E-state index in [-0.39, 0.29) is 0 Å². The van der Waals surface area contributed by atoms with E-state index in [1.807, 2.05) is 0 Å². The third-order valence-corrected chi connectivity index (χ3v) is 3.19. The van der Waals surface area contributed by atoms with Crippen molar-refractivity contribution in [3.05, 3.63) is 18.3 Å². The fourth-order valence-electron chi connectivity index (χ4n) is 2.09. The highest BCUT2D eigenvalue weighted by Crippen LogP contribution is 2.17. The van der Waals surface area contributed by atoms with Gasteiger partial charge in [0.25, 0.3) is 0 Å². The molecular formula is C11H17FN4. The molecule has 2 rings (SSSR count). The minimum Gasteiger partial charge on any atom is -0.354 e. The second kappa shape index (κ2) is 4.74. The first kappa shape index (κ1) is 11.3. The number of hydrogen-bond acceptors (Lipinski definition) is 4. The van der Waals surface area contributed by atoms with Crippen molar-refractivity contribution in [1.29, 1.82) is 0 Å². The van der Waals surface area contributed by atoms with Crippen LogP contribution in [0.4, 0.5) is 10.2 Å². The smallest absolute Gasteiger partial charge is 0.218 e. The lowest BCUT2D eigenvalue weighted by molar-refractivity contribution is 0.213. The SMILES string of the molecule is CCC1CN(c2cc(F)ncn2)CCN1C. The van der Waals surface area contributed by atoms with E-state index in [0.717, 1.165) is 26.1 Å². The molecule has 1 fully saturated rings. The Kier molecular flexibility index (Phi) is 3.33. The average molecular weight is 224 g/mol. The van der Waals surface area contributed by atoms with E-state index < -0.39 is 5.95 Å². The highest BCUT2D eigenvalue weighted by molar-refractivity contribution is 5.37. The van der Waals surface area contributed by atoms with E-state index >= 15 is 0 Å². The van der Waals surface area contributed by atoms with Gasteiger partial charge in [-0.15, -0.1) is 0 Å². The van der Waals surface area contributed by atoms with Crippen LogP contribution in [0, 0.1) is 5.95 Å². The summed E-state index contributed by atoms with van der Waals surface area (Å²) in [4.78, 5) is 12.1. The molecule has 2 heterocycles. The summed E-state index contributed by atoms with van der Waals surface area (Å²) in [5, 5.41) is 0. The Morgan fingerprint density at radius 3 is 2.94 bits per heavy atom. The van der Waals surface area contributed by atoms with E-state index in [9.17, 15) is 4.39 Å². The van der Waals surface area contributed by atoms with E-state index in [4.69, 9.17) is 0 Å². The molecule has 0 N–H and O–H groups in total. The van der Waals surface area contributed by atoms with Crippen molar-refractivity contribution in [3.8, 4) is 0 Å². The predicted octanol–water partition coefficient (Wildman–Crippen LogP) is 1.15. The maximum atomic E-state index is 13.0. The molecule has 88 valence electrons. The zero-order chi connectivity index (χ0) is 11.5. The maximum absolute atomic E-state index is 13.0. The van der Waals surface area contributed by atoms with Gasteiger partial charge in [0, 0.05) is 31.7 Å². The predicted molar refractivity (Wildman–Crippen MR) is 60.9 cm³/mol. The van der Waals surface area contributed by atoms with Crippen molar-refractivity contribution in [2.45, 2.75) is 19.4 Å². The van der Waals surface area contributed by atoms with Crippen molar-refractivity contribution < 1.29 is 4.39 Å². The van der Waals surface area contributed by atoms with Gasteiger partial charge in [0.2, 0.25) is 5.95 Å². The summed E-state index contributed by atoms with van der Waals surface area (Å²) in [6.45, 7) is 4.96. The molecule has 4 nitrogen and oxygen atoms in total. The molecule has 16 heavy (non-hydrogen) atoms. The average Bonchev–Trinajstić information content (AvgIpc) is 2.29. The normalized spacial score (nSPS) is 22.4. The van der Waals surface area contributed by atoms with E-state index in [2.05, 4.69) is 33.7 Å². The zero-order valence-corrected chi connectivity index (χ0v) is 9.73. The number of likely N-dealkylation sites (N-methyl/N-ethyl adjacent to an activating group) is 1. The van der Waals surface area contributed by atoms with Gasteiger partial charge in [-0.1, -0.05) is 6.92 Å². The molecule has 1 saturated heterocycles. The molecule has 1 aliphatic heterocycles. The Morgan fingerprint density at radius 2 is 2.25 bits per heavy atom. The van der Waals surface area contributed by atoms with Gasteiger partial charge in [-0.3, -0.25) is 4.90 Å². The Balaban J connectivity index is 2.11. The van der Waals surface area contributed by atoms with Gasteiger partial charge in [0.15, 0.2) is 0 Å². The summed E-state index contributed by atoms with van der Waals surface area (Å²) in [6, 6.07) is 1.92. The summed E-state index contributed by atoms with van der Waals surface area (Å²) < 4.78 is 13.0. The monoisotopic (exact) mass is 224 g/mol. The largest absolute Gasteiger partial charge is 0.354 e. The van der Waals surface area contributed by atoms with Crippen LogP contribution in [0.25, 0.3) is 0 Å². The van der Waals surface area contributed by atoms with Crippen molar-refractivity contribution in [2.75, 3.05) is 31.6 Å². The molecule has 1 unspecified atom stereocenters. The van der Waals surface area contributed by atoms with Crippen molar-refractivity contribution in [3.63, 3.8) is 0 Å².